The molecule has 0 spiro atoms. The van der Waals surface area contributed by atoms with E-state index in [1.54, 1.807) is 22.7 Å². The maximum atomic E-state index is 12.1. The summed E-state index contributed by atoms with van der Waals surface area (Å²) in [6, 6.07) is 7.79. The molecule has 0 unspecified atom stereocenters. The Balaban J connectivity index is 1.85. The summed E-state index contributed by atoms with van der Waals surface area (Å²) in [6.45, 7) is 0. The number of carbonyl (C=O) groups is 1. The predicted molar refractivity (Wildman–Crippen MR) is 80.6 cm³/mol. The van der Waals surface area contributed by atoms with Gasteiger partial charge >= 0.3 is 0 Å². The Morgan fingerprint density at radius 1 is 1.32 bits per heavy atom. The maximum Gasteiger partial charge on any atom is 0.204 e. The molecule has 0 N–H and O–H groups in total. The Hall–Kier alpha value is -1.72. The van der Waals surface area contributed by atoms with Crippen molar-refractivity contribution in [3.63, 3.8) is 0 Å². The van der Waals surface area contributed by atoms with Crippen molar-refractivity contribution in [1.29, 1.82) is 0 Å². The van der Waals surface area contributed by atoms with E-state index in [-0.39, 0.29) is 5.78 Å². The van der Waals surface area contributed by atoms with Crippen LogP contribution in [0.5, 0.6) is 0 Å². The molecule has 0 aliphatic rings. The third-order valence-electron chi connectivity index (χ3n) is 2.70. The van der Waals surface area contributed by atoms with E-state index in [1.165, 1.54) is 11.3 Å². The molecule has 0 amide bonds. The van der Waals surface area contributed by atoms with Crippen LogP contribution in [0.25, 0.3) is 11.0 Å². The van der Waals surface area contributed by atoms with Crippen LogP contribution in [0.2, 0.25) is 0 Å². The van der Waals surface area contributed by atoms with Crippen molar-refractivity contribution in [1.82, 2.24) is 9.38 Å². The summed E-state index contributed by atoms with van der Waals surface area (Å²) in [5.74, 6) is -0.0474. The van der Waals surface area contributed by atoms with Crippen molar-refractivity contribution in [3.05, 3.63) is 63.8 Å². The molecule has 94 valence electrons. The lowest BCUT2D eigenvalue weighted by molar-refractivity contribution is 0.104. The Labute approximate surface area is 122 Å². The Bertz CT molecular complexity index is 755. The average molecular weight is 333 g/mol. The number of aromatic nitrogens is 2. The van der Waals surface area contributed by atoms with Crippen LogP contribution in [-0.4, -0.2) is 15.2 Å². The molecule has 2 aromatic heterocycles. The molecule has 0 aliphatic carbocycles. The van der Waals surface area contributed by atoms with Gasteiger partial charge in [-0.3, -0.25) is 9.20 Å². The zero-order chi connectivity index (χ0) is 13.2. The second-order valence-electron chi connectivity index (χ2n) is 3.95. The second kappa shape index (κ2) is 5.11. The van der Waals surface area contributed by atoms with E-state index in [0.717, 1.165) is 15.0 Å². The molecule has 5 heteroatoms. The van der Waals surface area contributed by atoms with Crippen LogP contribution in [0.4, 0.5) is 0 Å². The number of imidazole rings is 1. The van der Waals surface area contributed by atoms with Gasteiger partial charge < -0.3 is 0 Å². The number of allylic oxidation sites excluding steroid dienone is 1. The van der Waals surface area contributed by atoms with Crippen molar-refractivity contribution in [2.24, 2.45) is 0 Å². The zero-order valence-electron chi connectivity index (χ0n) is 9.79. The van der Waals surface area contributed by atoms with Gasteiger partial charge in [-0.15, -0.1) is 11.3 Å². The molecule has 0 radical (unpaired) electrons. The van der Waals surface area contributed by atoms with Crippen LogP contribution in [0.15, 0.2) is 52.6 Å². The zero-order valence-corrected chi connectivity index (χ0v) is 12.2. The van der Waals surface area contributed by atoms with Gasteiger partial charge in [0.15, 0.2) is 4.96 Å². The van der Waals surface area contributed by atoms with Gasteiger partial charge in [-0.05, 0) is 23.8 Å². The van der Waals surface area contributed by atoms with E-state index in [2.05, 4.69) is 20.9 Å². The summed E-state index contributed by atoms with van der Waals surface area (Å²) in [6.07, 6.45) is 6.85. The van der Waals surface area contributed by atoms with Gasteiger partial charge in [-0.1, -0.05) is 34.1 Å². The van der Waals surface area contributed by atoms with E-state index in [4.69, 9.17) is 0 Å². The first-order valence-electron chi connectivity index (χ1n) is 5.62. The summed E-state index contributed by atoms with van der Waals surface area (Å²) in [5.41, 5.74) is 1.58. The van der Waals surface area contributed by atoms with E-state index in [0.29, 0.717) is 5.69 Å². The second-order valence-corrected chi connectivity index (χ2v) is 5.74. The number of nitrogens with zero attached hydrogens (tertiary/aromatic N) is 2. The van der Waals surface area contributed by atoms with Crippen molar-refractivity contribution in [2.75, 3.05) is 0 Å². The van der Waals surface area contributed by atoms with E-state index >= 15 is 0 Å². The van der Waals surface area contributed by atoms with Crippen LogP contribution < -0.4 is 0 Å². The molecular weight excluding hydrogens is 324 g/mol. The van der Waals surface area contributed by atoms with Gasteiger partial charge in [-0.25, -0.2) is 4.98 Å². The summed E-state index contributed by atoms with van der Waals surface area (Å²) in [4.78, 5) is 17.1. The van der Waals surface area contributed by atoms with Crippen LogP contribution in [0.1, 0.15) is 16.1 Å². The molecule has 0 atom stereocenters. The van der Waals surface area contributed by atoms with Crippen molar-refractivity contribution in [3.8, 4) is 0 Å². The summed E-state index contributed by atoms with van der Waals surface area (Å²) >= 11 is 4.89. The van der Waals surface area contributed by atoms with Crippen LogP contribution in [-0.2, 0) is 0 Å². The van der Waals surface area contributed by atoms with Gasteiger partial charge in [0.25, 0.3) is 0 Å². The fraction of sp³-hybridized carbons (Fsp3) is 0. The molecule has 0 saturated heterocycles. The number of ketones is 1. The van der Waals surface area contributed by atoms with Crippen LogP contribution in [0.3, 0.4) is 0 Å². The predicted octanol–water partition coefficient (Wildman–Crippen LogP) is 4.05. The monoisotopic (exact) mass is 332 g/mol. The molecule has 3 rings (SSSR count). The number of hydrogen-bond donors (Lipinski definition) is 0. The van der Waals surface area contributed by atoms with Gasteiger partial charge in [0, 0.05) is 16.0 Å². The minimum atomic E-state index is -0.0474. The van der Waals surface area contributed by atoms with Gasteiger partial charge in [0.2, 0.25) is 5.78 Å². The van der Waals surface area contributed by atoms with Crippen LogP contribution in [0, 0.1) is 0 Å². The quantitative estimate of drug-likeness (QED) is 0.535. The molecular formula is C14H9BrN2OS. The summed E-state index contributed by atoms with van der Waals surface area (Å²) < 4.78 is 2.82. The highest BCUT2D eigenvalue weighted by Gasteiger charge is 2.09. The minimum Gasteiger partial charge on any atom is -0.288 e. The van der Waals surface area contributed by atoms with Crippen LogP contribution >= 0.6 is 27.3 Å². The van der Waals surface area contributed by atoms with Gasteiger partial charge in [0.1, 0.15) is 5.69 Å². The fourth-order valence-electron chi connectivity index (χ4n) is 1.74. The van der Waals surface area contributed by atoms with E-state index in [1.807, 2.05) is 35.8 Å². The lowest BCUT2D eigenvalue weighted by atomic mass is 10.2. The largest absolute Gasteiger partial charge is 0.288 e. The molecule has 0 fully saturated rings. The molecule has 2 heterocycles. The lowest BCUT2D eigenvalue weighted by Gasteiger charge is -1.94. The maximum absolute atomic E-state index is 12.1. The number of halogens is 1. The average Bonchev–Trinajstić information content (AvgIpc) is 3.00. The van der Waals surface area contributed by atoms with Crippen molar-refractivity contribution in [2.45, 2.75) is 0 Å². The summed E-state index contributed by atoms with van der Waals surface area (Å²) in [5, 5.41) is 1.91. The Morgan fingerprint density at radius 3 is 2.89 bits per heavy atom. The molecule has 3 aromatic rings. The normalized spacial score (nSPS) is 11.4. The van der Waals surface area contributed by atoms with Gasteiger partial charge in [-0.2, -0.15) is 0 Å². The molecule has 0 bridgehead atoms. The Morgan fingerprint density at radius 2 is 2.11 bits per heavy atom. The highest BCUT2D eigenvalue weighted by Crippen LogP contribution is 2.15. The first-order valence-corrected chi connectivity index (χ1v) is 7.30. The molecule has 19 heavy (non-hydrogen) atoms. The molecule has 0 saturated carbocycles. The highest BCUT2D eigenvalue weighted by atomic mass is 79.9. The third kappa shape index (κ3) is 2.52. The number of thiazole rings is 1. The fourth-order valence-corrected chi connectivity index (χ4v) is 2.70. The minimum absolute atomic E-state index is 0.0474. The molecule has 3 nitrogen and oxygen atoms in total. The highest BCUT2D eigenvalue weighted by molar-refractivity contribution is 9.10. The number of fused-ring (bicyclic) bond motifs is 1. The molecule has 0 aliphatic heterocycles. The lowest BCUT2D eigenvalue weighted by Crippen LogP contribution is -1.97. The smallest absolute Gasteiger partial charge is 0.204 e. The number of hydrogen-bond acceptors (Lipinski definition) is 3. The standard InChI is InChI=1S/C14H9BrN2OS/c15-11-4-1-10(2-5-11)3-6-13(18)12-9-16-14-17(12)7-8-19-14/h1-9H/b6-3+. The Kier molecular flexibility index (Phi) is 3.31. The molecule has 1 aromatic carbocycles. The SMILES string of the molecule is O=C(/C=C/c1ccc(Br)cc1)c1cnc2sccn12. The van der Waals surface area contributed by atoms with E-state index in [9.17, 15) is 4.79 Å². The first-order chi connectivity index (χ1) is 9.24. The topological polar surface area (TPSA) is 34.4 Å². The third-order valence-corrected chi connectivity index (χ3v) is 4.00. The first kappa shape index (κ1) is 12.3. The van der Waals surface area contributed by atoms with Gasteiger partial charge in [0.05, 0.1) is 6.20 Å². The number of benzene rings is 1. The van der Waals surface area contributed by atoms with Crippen molar-refractivity contribution >= 4 is 44.1 Å². The number of carbonyl (C=O) groups excluding carboxylic acids is 1. The van der Waals surface area contributed by atoms with Crippen molar-refractivity contribution < 1.29 is 4.79 Å². The van der Waals surface area contributed by atoms with E-state index < -0.39 is 0 Å². The summed E-state index contributed by atoms with van der Waals surface area (Å²) in [7, 11) is 0. The number of rotatable bonds is 3.